The van der Waals surface area contributed by atoms with Gasteiger partial charge in [-0.2, -0.15) is 0 Å². The lowest BCUT2D eigenvalue weighted by atomic mass is 10.0. The average Bonchev–Trinajstić information content (AvgIpc) is 2.77. The summed E-state index contributed by atoms with van der Waals surface area (Å²) in [5.74, 6) is 0.0977. The van der Waals surface area contributed by atoms with Gasteiger partial charge in [0, 0.05) is 10.4 Å². The summed E-state index contributed by atoms with van der Waals surface area (Å²) in [4.78, 5) is 10.6. The number of rotatable bonds is 3. The van der Waals surface area contributed by atoms with Gasteiger partial charge in [0.2, 0.25) is 0 Å². The average molecular weight is 285 g/mol. The van der Waals surface area contributed by atoms with Crippen molar-refractivity contribution in [2.75, 3.05) is 6.61 Å². The maximum Gasteiger partial charge on any atom is 0.165 e. The molecule has 1 aromatic rings. The highest BCUT2D eigenvalue weighted by Gasteiger charge is 2.31. The van der Waals surface area contributed by atoms with Crippen LogP contribution in [0.2, 0.25) is 0 Å². The van der Waals surface area contributed by atoms with Gasteiger partial charge in [-0.25, -0.2) is 0 Å². The van der Waals surface area contributed by atoms with E-state index in [0.717, 1.165) is 16.3 Å². The van der Waals surface area contributed by atoms with Crippen LogP contribution in [0.3, 0.4) is 0 Å². The van der Waals surface area contributed by atoms with Gasteiger partial charge in [0.05, 0.1) is 6.61 Å². The zero-order chi connectivity index (χ0) is 11.5. The van der Waals surface area contributed by atoms with Gasteiger partial charge in [0.1, 0.15) is 6.10 Å². The second-order valence-electron chi connectivity index (χ2n) is 3.82. The Morgan fingerprint density at radius 1 is 1.50 bits per heavy atom. The molecule has 1 fully saturated rings. The third kappa shape index (κ3) is 2.34. The Balaban J connectivity index is 2.11. The number of aldehydes is 1. The molecule has 0 saturated carbocycles. The summed E-state index contributed by atoms with van der Waals surface area (Å²) in [6, 6.07) is 7.95. The van der Waals surface area contributed by atoms with Gasteiger partial charge in [-0.05, 0) is 11.6 Å². The zero-order valence-electron chi connectivity index (χ0n) is 8.93. The molecule has 1 aliphatic heterocycles. The van der Waals surface area contributed by atoms with E-state index in [1.54, 1.807) is 0 Å². The Morgan fingerprint density at radius 2 is 2.25 bits per heavy atom. The minimum Gasteiger partial charge on any atom is -0.349 e. The SMILES string of the molecule is CC(c1ccccc1Br)C1OCC(C=O)O1. The normalized spacial score (nSPS) is 26.6. The molecule has 86 valence electrons. The molecule has 3 nitrogen and oxygen atoms in total. The number of carbonyl (C=O) groups excluding carboxylic acids is 1. The molecular weight excluding hydrogens is 272 g/mol. The summed E-state index contributed by atoms with van der Waals surface area (Å²) in [5, 5.41) is 0. The van der Waals surface area contributed by atoms with Crippen LogP contribution in [0, 0.1) is 0 Å². The molecule has 1 heterocycles. The van der Waals surface area contributed by atoms with E-state index in [1.165, 1.54) is 0 Å². The van der Waals surface area contributed by atoms with Crippen LogP contribution in [-0.2, 0) is 14.3 Å². The van der Waals surface area contributed by atoms with Crippen molar-refractivity contribution in [2.24, 2.45) is 0 Å². The van der Waals surface area contributed by atoms with Crippen molar-refractivity contribution in [3.05, 3.63) is 34.3 Å². The number of hydrogen-bond acceptors (Lipinski definition) is 3. The maximum absolute atomic E-state index is 10.6. The summed E-state index contributed by atoms with van der Waals surface area (Å²) in [6.45, 7) is 2.38. The first-order chi connectivity index (χ1) is 7.72. The smallest absolute Gasteiger partial charge is 0.165 e. The molecule has 0 aromatic heterocycles. The molecule has 4 heteroatoms. The molecule has 1 saturated heterocycles. The number of halogens is 1. The van der Waals surface area contributed by atoms with Crippen molar-refractivity contribution in [2.45, 2.75) is 25.2 Å². The minimum absolute atomic E-state index is 0.0977. The Kier molecular flexibility index (Phi) is 3.74. The van der Waals surface area contributed by atoms with Crippen LogP contribution in [0.25, 0.3) is 0 Å². The predicted molar refractivity (Wildman–Crippen MR) is 63.2 cm³/mol. The van der Waals surface area contributed by atoms with Crippen molar-refractivity contribution in [3.63, 3.8) is 0 Å². The van der Waals surface area contributed by atoms with E-state index in [4.69, 9.17) is 9.47 Å². The van der Waals surface area contributed by atoms with E-state index in [2.05, 4.69) is 15.9 Å². The molecule has 3 atom stereocenters. The Morgan fingerprint density at radius 3 is 2.88 bits per heavy atom. The quantitative estimate of drug-likeness (QED) is 0.800. The van der Waals surface area contributed by atoms with Gasteiger partial charge in [0.25, 0.3) is 0 Å². The van der Waals surface area contributed by atoms with Crippen molar-refractivity contribution in [1.29, 1.82) is 0 Å². The highest BCUT2D eigenvalue weighted by molar-refractivity contribution is 9.10. The zero-order valence-corrected chi connectivity index (χ0v) is 10.5. The molecule has 0 spiro atoms. The summed E-state index contributed by atoms with van der Waals surface area (Å²) < 4.78 is 12.0. The number of ether oxygens (including phenoxy) is 2. The van der Waals surface area contributed by atoms with Gasteiger partial charge in [-0.1, -0.05) is 41.1 Å². The van der Waals surface area contributed by atoms with Gasteiger partial charge < -0.3 is 14.3 Å². The molecule has 2 rings (SSSR count). The molecule has 0 aliphatic carbocycles. The third-order valence-corrected chi connectivity index (χ3v) is 3.41. The van der Waals surface area contributed by atoms with Gasteiger partial charge >= 0.3 is 0 Å². The summed E-state index contributed by atoms with van der Waals surface area (Å²) >= 11 is 3.50. The fourth-order valence-electron chi connectivity index (χ4n) is 1.77. The van der Waals surface area contributed by atoms with Crippen molar-refractivity contribution < 1.29 is 14.3 Å². The maximum atomic E-state index is 10.6. The number of benzene rings is 1. The lowest BCUT2D eigenvalue weighted by molar-refractivity contribution is -0.120. The fourth-order valence-corrected chi connectivity index (χ4v) is 2.41. The highest BCUT2D eigenvalue weighted by Crippen LogP contribution is 2.31. The van der Waals surface area contributed by atoms with E-state index in [9.17, 15) is 4.79 Å². The fraction of sp³-hybridized carbons (Fsp3) is 0.417. The van der Waals surface area contributed by atoms with Crippen LogP contribution < -0.4 is 0 Å². The molecule has 0 bridgehead atoms. The summed E-state index contributed by atoms with van der Waals surface area (Å²) in [5.41, 5.74) is 1.12. The number of hydrogen-bond donors (Lipinski definition) is 0. The number of carbonyl (C=O) groups is 1. The molecule has 1 aromatic carbocycles. The molecule has 16 heavy (non-hydrogen) atoms. The van der Waals surface area contributed by atoms with Crippen LogP contribution in [0.4, 0.5) is 0 Å². The lowest BCUT2D eigenvalue weighted by Crippen LogP contribution is -2.19. The van der Waals surface area contributed by atoms with Crippen LogP contribution in [0.15, 0.2) is 28.7 Å². The minimum atomic E-state index is -0.421. The van der Waals surface area contributed by atoms with Crippen LogP contribution in [-0.4, -0.2) is 25.3 Å². The van der Waals surface area contributed by atoms with Gasteiger partial charge in [-0.3, -0.25) is 0 Å². The first-order valence-electron chi connectivity index (χ1n) is 5.19. The van der Waals surface area contributed by atoms with E-state index in [-0.39, 0.29) is 12.2 Å². The predicted octanol–water partition coefficient (Wildman–Crippen LogP) is 2.49. The molecule has 3 unspecified atom stereocenters. The Labute approximate surface area is 103 Å². The van der Waals surface area contributed by atoms with Crippen molar-refractivity contribution >= 4 is 22.2 Å². The first-order valence-corrected chi connectivity index (χ1v) is 5.98. The second-order valence-corrected chi connectivity index (χ2v) is 4.68. The van der Waals surface area contributed by atoms with Gasteiger partial charge in [0.15, 0.2) is 12.6 Å². The van der Waals surface area contributed by atoms with Crippen molar-refractivity contribution in [3.8, 4) is 0 Å². The summed E-state index contributed by atoms with van der Waals surface area (Å²) in [7, 11) is 0. The Hall–Kier alpha value is -0.710. The summed E-state index contributed by atoms with van der Waals surface area (Å²) in [6.07, 6.45) is 0.0241. The largest absolute Gasteiger partial charge is 0.349 e. The molecule has 0 radical (unpaired) electrons. The molecular formula is C12H13BrO3. The molecule has 0 amide bonds. The van der Waals surface area contributed by atoms with E-state index >= 15 is 0 Å². The van der Waals surface area contributed by atoms with Crippen LogP contribution in [0.1, 0.15) is 18.4 Å². The van der Waals surface area contributed by atoms with E-state index in [1.807, 2.05) is 31.2 Å². The van der Waals surface area contributed by atoms with E-state index in [0.29, 0.717) is 6.61 Å². The second kappa shape index (κ2) is 5.08. The Bertz CT molecular complexity index is 380. The van der Waals surface area contributed by atoms with Gasteiger partial charge in [-0.15, -0.1) is 0 Å². The van der Waals surface area contributed by atoms with E-state index < -0.39 is 6.10 Å². The first kappa shape index (κ1) is 11.8. The highest BCUT2D eigenvalue weighted by atomic mass is 79.9. The topological polar surface area (TPSA) is 35.5 Å². The molecule has 0 N–H and O–H groups in total. The third-order valence-electron chi connectivity index (χ3n) is 2.69. The van der Waals surface area contributed by atoms with Crippen LogP contribution >= 0.6 is 15.9 Å². The molecule has 1 aliphatic rings. The van der Waals surface area contributed by atoms with Crippen LogP contribution in [0.5, 0.6) is 0 Å². The standard InChI is InChI=1S/C12H13BrO3/c1-8(10-4-2-3-5-11(10)13)12-15-7-9(6-14)16-12/h2-6,8-9,12H,7H2,1H3. The lowest BCUT2D eigenvalue weighted by Gasteiger charge is -2.19. The van der Waals surface area contributed by atoms with Crippen molar-refractivity contribution in [1.82, 2.24) is 0 Å². The monoisotopic (exact) mass is 284 g/mol.